The fourth-order valence-electron chi connectivity index (χ4n) is 2.81. The van der Waals surface area contributed by atoms with Gasteiger partial charge >= 0.3 is 0 Å². The zero-order chi connectivity index (χ0) is 19.3. The molecular weight excluding hydrogens is 366 g/mol. The van der Waals surface area contributed by atoms with Gasteiger partial charge in [-0.1, -0.05) is 48.5 Å². The molecule has 5 heteroatoms. The molecule has 3 aromatic carbocycles. The SMILES string of the molecule is Cc1ccccc1Nc1nc(-c2ccc(NC(=O)c3ccccc3)cc2)cs1. The number of hydrogen-bond donors (Lipinski definition) is 2. The number of rotatable bonds is 5. The summed E-state index contributed by atoms with van der Waals surface area (Å²) in [7, 11) is 0. The minimum absolute atomic E-state index is 0.119. The second kappa shape index (κ2) is 8.06. The first-order chi connectivity index (χ1) is 13.7. The van der Waals surface area contributed by atoms with E-state index in [9.17, 15) is 4.79 Å². The second-order valence-corrected chi connectivity index (χ2v) is 7.23. The van der Waals surface area contributed by atoms with Gasteiger partial charge < -0.3 is 10.6 Å². The van der Waals surface area contributed by atoms with Gasteiger partial charge in [0.05, 0.1) is 5.69 Å². The van der Waals surface area contributed by atoms with Crippen LogP contribution in [0.2, 0.25) is 0 Å². The minimum Gasteiger partial charge on any atom is -0.331 e. The van der Waals surface area contributed by atoms with E-state index < -0.39 is 0 Å². The molecule has 0 fully saturated rings. The monoisotopic (exact) mass is 385 g/mol. The Morgan fingerprint density at radius 1 is 0.893 bits per heavy atom. The maximum Gasteiger partial charge on any atom is 0.255 e. The number of carbonyl (C=O) groups is 1. The number of aromatic nitrogens is 1. The third-order valence-electron chi connectivity index (χ3n) is 4.37. The van der Waals surface area contributed by atoms with Crippen molar-refractivity contribution in [3.05, 3.63) is 95.4 Å². The number of benzene rings is 3. The van der Waals surface area contributed by atoms with Crippen molar-refractivity contribution in [1.82, 2.24) is 4.98 Å². The summed E-state index contributed by atoms with van der Waals surface area (Å²) in [5, 5.41) is 9.16. The Balaban J connectivity index is 1.45. The van der Waals surface area contributed by atoms with Crippen molar-refractivity contribution in [3.63, 3.8) is 0 Å². The van der Waals surface area contributed by atoms with Crippen molar-refractivity contribution < 1.29 is 4.79 Å². The van der Waals surface area contributed by atoms with E-state index in [1.54, 1.807) is 23.5 Å². The maximum atomic E-state index is 12.2. The standard InChI is InChI=1S/C23H19N3OS/c1-16-7-5-6-10-20(16)25-23-26-21(15-28-23)17-11-13-19(14-12-17)24-22(27)18-8-3-2-4-9-18/h2-15H,1H3,(H,24,27)(H,25,26). The maximum absolute atomic E-state index is 12.2. The number of anilines is 3. The molecule has 1 amide bonds. The van der Waals surface area contributed by atoms with Gasteiger partial charge in [0.1, 0.15) is 0 Å². The summed E-state index contributed by atoms with van der Waals surface area (Å²) in [6.45, 7) is 2.07. The zero-order valence-corrected chi connectivity index (χ0v) is 16.2. The summed E-state index contributed by atoms with van der Waals surface area (Å²) in [6, 6.07) is 25.0. The van der Waals surface area contributed by atoms with Crippen LogP contribution < -0.4 is 10.6 Å². The number of para-hydroxylation sites is 1. The van der Waals surface area contributed by atoms with Gasteiger partial charge in [-0.2, -0.15) is 0 Å². The van der Waals surface area contributed by atoms with Gasteiger partial charge in [0.2, 0.25) is 0 Å². The Hall–Kier alpha value is -3.44. The van der Waals surface area contributed by atoms with E-state index in [1.165, 1.54) is 5.56 Å². The summed E-state index contributed by atoms with van der Waals surface area (Å²) < 4.78 is 0. The van der Waals surface area contributed by atoms with E-state index in [4.69, 9.17) is 0 Å². The molecule has 4 rings (SSSR count). The van der Waals surface area contributed by atoms with Gasteiger partial charge in [-0.05, 0) is 42.8 Å². The van der Waals surface area contributed by atoms with Crippen LogP contribution in [0.4, 0.5) is 16.5 Å². The number of amides is 1. The van der Waals surface area contributed by atoms with Crippen LogP contribution in [0.1, 0.15) is 15.9 Å². The zero-order valence-electron chi connectivity index (χ0n) is 15.3. The Kier molecular flexibility index (Phi) is 5.17. The van der Waals surface area contributed by atoms with Gasteiger partial charge in [0.15, 0.2) is 5.13 Å². The van der Waals surface area contributed by atoms with Crippen molar-refractivity contribution in [2.75, 3.05) is 10.6 Å². The van der Waals surface area contributed by atoms with E-state index in [1.807, 2.05) is 66.0 Å². The van der Waals surface area contributed by atoms with Crippen LogP contribution in [0.5, 0.6) is 0 Å². The molecule has 4 aromatic rings. The number of hydrogen-bond acceptors (Lipinski definition) is 4. The van der Waals surface area contributed by atoms with Crippen LogP contribution in [0.25, 0.3) is 11.3 Å². The topological polar surface area (TPSA) is 54.0 Å². The summed E-state index contributed by atoms with van der Waals surface area (Å²) >= 11 is 1.57. The quantitative estimate of drug-likeness (QED) is 0.435. The molecule has 0 saturated carbocycles. The molecule has 0 spiro atoms. The Labute approximate surface area is 167 Å². The molecule has 0 aliphatic heterocycles. The van der Waals surface area contributed by atoms with Crippen LogP contribution in [0.3, 0.4) is 0 Å². The van der Waals surface area contributed by atoms with E-state index >= 15 is 0 Å². The molecule has 1 aromatic heterocycles. The molecule has 0 unspecified atom stereocenters. The number of carbonyl (C=O) groups excluding carboxylic acids is 1. The number of thiazole rings is 1. The lowest BCUT2D eigenvalue weighted by Crippen LogP contribution is -2.11. The van der Waals surface area contributed by atoms with Gasteiger partial charge in [0.25, 0.3) is 5.91 Å². The molecule has 1 heterocycles. The lowest BCUT2D eigenvalue weighted by molar-refractivity contribution is 0.102. The summed E-state index contributed by atoms with van der Waals surface area (Å²) in [6.07, 6.45) is 0. The molecule has 4 nitrogen and oxygen atoms in total. The highest BCUT2D eigenvalue weighted by Crippen LogP contribution is 2.29. The summed E-state index contributed by atoms with van der Waals surface area (Å²) in [5.74, 6) is -0.119. The van der Waals surface area contributed by atoms with Gasteiger partial charge in [-0.3, -0.25) is 4.79 Å². The normalized spacial score (nSPS) is 10.5. The fourth-order valence-corrected chi connectivity index (χ4v) is 3.54. The van der Waals surface area contributed by atoms with Crippen LogP contribution in [0, 0.1) is 6.92 Å². The van der Waals surface area contributed by atoms with E-state index in [-0.39, 0.29) is 5.91 Å². The predicted octanol–water partition coefficient (Wildman–Crippen LogP) is 6.11. The molecule has 0 aliphatic rings. The fraction of sp³-hybridized carbons (Fsp3) is 0.0435. The number of nitrogens with zero attached hydrogens (tertiary/aromatic N) is 1. The van der Waals surface area contributed by atoms with E-state index in [2.05, 4.69) is 28.6 Å². The van der Waals surface area contributed by atoms with Gasteiger partial charge in [-0.15, -0.1) is 11.3 Å². The van der Waals surface area contributed by atoms with Gasteiger partial charge in [-0.25, -0.2) is 4.98 Å². The highest BCUT2D eigenvalue weighted by molar-refractivity contribution is 7.14. The average Bonchev–Trinajstić information content (AvgIpc) is 3.19. The number of aryl methyl sites for hydroxylation is 1. The van der Waals surface area contributed by atoms with E-state index in [0.717, 1.165) is 27.8 Å². The molecule has 0 radical (unpaired) electrons. The van der Waals surface area contributed by atoms with Crippen molar-refractivity contribution >= 4 is 33.8 Å². The first kappa shape index (κ1) is 17.9. The highest BCUT2D eigenvalue weighted by Gasteiger charge is 2.08. The first-order valence-corrected chi connectivity index (χ1v) is 9.82. The van der Waals surface area contributed by atoms with Crippen LogP contribution in [-0.2, 0) is 0 Å². The van der Waals surface area contributed by atoms with Crippen LogP contribution >= 0.6 is 11.3 Å². The third-order valence-corrected chi connectivity index (χ3v) is 5.12. The van der Waals surface area contributed by atoms with Gasteiger partial charge in [0, 0.05) is 27.9 Å². The molecule has 28 heavy (non-hydrogen) atoms. The van der Waals surface area contributed by atoms with Crippen LogP contribution in [0.15, 0.2) is 84.2 Å². The lowest BCUT2D eigenvalue weighted by Gasteiger charge is -2.06. The third kappa shape index (κ3) is 4.10. The highest BCUT2D eigenvalue weighted by atomic mass is 32.1. The summed E-state index contributed by atoms with van der Waals surface area (Å²) in [5.41, 5.74) is 5.54. The van der Waals surface area contributed by atoms with Crippen molar-refractivity contribution in [2.45, 2.75) is 6.92 Å². The van der Waals surface area contributed by atoms with Crippen LogP contribution in [-0.4, -0.2) is 10.9 Å². The van der Waals surface area contributed by atoms with Crippen molar-refractivity contribution in [3.8, 4) is 11.3 Å². The molecule has 0 saturated heterocycles. The van der Waals surface area contributed by atoms with E-state index in [0.29, 0.717) is 5.56 Å². The Morgan fingerprint density at radius 2 is 1.61 bits per heavy atom. The minimum atomic E-state index is -0.119. The molecule has 0 aliphatic carbocycles. The smallest absolute Gasteiger partial charge is 0.255 e. The lowest BCUT2D eigenvalue weighted by atomic mass is 10.1. The largest absolute Gasteiger partial charge is 0.331 e. The average molecular weight is 385 g/mol. The molecule has 2 N–H and O–H groups in total. The molecule has 0 bridgehead atoms. The predicted molar refractivity (Wildman–Crippen MR) is 116 cm³/mol. The molecule has 0 atom stereocenters. The Bertz CT molecular complexity index is 1090. The molecular formula is C23H19N3OS. The summed E-state index contributed by atoms with van der Waals surface area (Å²) in [4.78, 5) is 16.9. The second-order valence-electron chi connectivity index (χ2n) is 6.38. The van der Waals surface area contributed by atoms with Crippen molar-refractivity contribution in [1.29, 1.82) is 0 Å². The Morgan fingerprint density at radius 3 is 2.36 bits per heavy atom. The first-order valence-electron chi connectivity index (χ1n) is 8.94. The molecule has 138 valence electrons. The van der Waals surface area contributed by atoms with Crippen molar-refractivity contribution in [2.24, 2.45) is 0 Å². The number of nitrogens with one attached hydrogen (secondary N) is 2.